The minimum absolute atomic E-state index is 0.158. The molecule has 0 radical (unpaired) electrons. The van der Waals surface area contributed by atoms with Crippen LogP contribution in [0.3, 0.4) is 0 Å². The number of amides is 1. The van der Waals surface area contributed by atoms with Gasteiger partial charge in [0.2, 0.25) is 15.9 Å². The number of morpholine rings is 1. The van der Waals surface area contributed by atoms with Gasteiger partial charge >= 0.3 is 5.76 Å². The number of hydrogen-bond donors (Lipinski definition) is 2. The maximum atomic E-state index is 12.2. The number of carbonyl (C=O) groups is 1. The number of nitrogens with one attached hydrogen (secondary N) is 2. The van der Waals surface area contributed by atoms with Crippen LogP contribution in [0.15, 0.2) is 27.4 Å². The second kappa shape index (κ2) is 6.75. The van der Waals surface area contributed by atoms with Crippen LogP contribution in [-0.4, -0.2) is 55.7 Å². The number of hydrogen-bond acceptors (Lipinski definition) is 6. The highest BCUT2D eigenvalue weighted by Gasteiger charge is 2.24. The first-order chi connectivity index (χ1) is 11.4. The van der Waals surface area contributed by atoms with Gasteiger partial charge in [0.15, 0.2) is 5.58 Å². The molecule has 1 fully saturated rings. The van der Waals surface area contributed by atoms with Gasteiger partial charge in [-0.3, -0.25) is 9.78 Å². The quantitative estimate of drug-likeness (QED) is 0.785. The zero-order chi connectivity index (χ0) is 17.2. The standard InChI is InChI=1S/C14H17N3O6S/c18-13(3-8-24(20,21)17-4-6-22-7-5-17)15-10-1-2-11-12(9-10)23-14(19)16-11/h1-2,9H,3-8H2,(H,15,18)(H,16,19). The van der Waals surface area contributed by atoms with E-state index in [-0.39, 0.29) is 12.2 Å². The maximum Gasteiger partial charge on any atom is 0.417 e. The summed E-state index contributed by atoms with van der Waals surface area (Å²) in [5, 5.41) is 2.60. The lowest BCUT2D eigenvalue weighted by Gasteiger charge is -2.25. The Hall–Kier alpha value is -2.17. The third-order valence-electron chi connectivity index (χ3n) is 3.66. The smallest absolute Gasteiger partial charge is 0.408 e. The molecule has 0 saturated carbocycles. The van der Waals surface area contributed by atoms with E-state index in [2.05, 4.69) is 10.3 Å². The number of fused-ring (bicyclic) bond motifs is 1. The predicted octanol–water partition coefficient (Wildman–Crippen LogP) is 0.112. The number of aromatic nitrogens is 1. The first kappa shape index (κ1) is 16.7. The lowest BCUT2D eigenvalue weighted by Crippen LogP contribution is -2.42. The Labute approximate surface area is 137 Å². The van der Waals surface area contributed by atoms with E-state index in [4.69, 9.17) is 9.15 Å². The second-order valence-corrected chi connectivity index (χ2v) is 7.44. The molecule has 0 unspecified atom stereocenters. The van der Waals surface area contributed by atoms with Crippen LogP contribution in [0.2, 0.25) is 0 Å². The Balaban J connectivity index is 1.59. The molecule has 2 heterocycles. The Morgan fingerprint density at radius 1 is 1.29 bits per heavy atom. The Morgan fingerprint density at radius 2 is 2.04 bits per heavy atom. The summed E-state index contributed by atoms with van der Waals surface area (Å²) < 4.78 is 35.7. The molecule has 1 amide bonds. The van der Waals surface area contributed by atoms with E-state index in [1.807, 2.05) is 0 Å². The minimum Gasteiger partial charge on any atom is -0.408 e. The van der Waals surface area contributed by atoms with Gasteiger partial charge in [-0.2, -0.15) is 4.31 Å². The van der Waals surface area contributed by atoms with Crippen molar-refractivity contribution in [2.24, 2.45) is 0 Å². The van der Waals surface area contributed by atoms with Gasteiger partial charge in [-0.25, -0.2) is 13.2 Å². The van der Waals surface area contributed by atoms with Crippen LogP contribution >= 0.6 is 0 Å². The van der Waals surface area contributed by atoms with Crippen molar-refractivity contribution in [3.8, 4) is 0 Å². The van der Waals surface area contributed by atoms with Gasteiger partial charge in [0.05, 0.1) is 24.5 Å². The number of sulfonamides is 1. The first-order valence-corrected chi connectivity index (χ1v) is 9.03. The second-order valence-electron chi connectivity index (χ2n) is 5.35. The van der Waals surface area contributed by atoms with Crippen LogP contribution < -0.4 is 11.1 Å². The number of nitrogens with zero attached hydrogens (tertiary/aromatic N) is 1. The fourth-order valence-corrected chi connectivity index (χ4v) is 3.83. The van der Waals surface area contributed by atoms with Gasteiger partial charge in [0.25, 0.3) is 0 Å². The van der Waals surface area contributed by atoms with Crippen molar-refractivity contribution in [1.29, 1.82) is 0 Å². The number of ether oxygens (including phenoxy) is 1. The Kier molecular flexibility index (Phi) is 4.69. The van der Waals surface area contributed by atoms with Crippen LogP contribution in [-0.2, 0) is 19.6 Å². The number of rotatable bonds is 5. The molecule has 0 bridgehead atoms. The van der Waals surface area contributed by atoms with Crippen molar-refractivity contribution in [1.82, 2.24) is 9.29 Å². The number of aromatic amines is 1. The van der Waals surface area contributed by atoms with E-state index in [1.54, 1.807) is 12.1 Å². The summed E-state index contributed by atoms with van der Waals surface area (Å²) in [5.41, 5.74) is 1.27. The number of oxazole rings is 1. The summed E-state index contributed by atoms with van der Waals surface area (Å²) in [7, 11) is -3.47. The van der Waals surface area contributed by atoms with Crippen molar-refractivity contribution >= 4 is 32.7 Å². The molecular formula is C14H17N3O6S. The van der Waals surface area contributed by atoms with Gasteiger partial charge in [-0.1, -0.05) is 0 Å². The number of benzene rings is 1. The van der Waals surface area contributed by atoms with E-state index in [1.165, 1.54) is 10.4 Å². The SMILES string of the molecule is O=C(CCS(=O)(=O)N1CCOCC1)Nc1ccc2[nH]c(=O)oc2c1. The van der Waals surface area contributed by atoms with Crippen molar-refractivity contribution in [2.45, 2.75) is 6.42 Å². The summed E-state index contributed by atoms with van der Waals surface area (Å²) in [4.78, 5) is 25.6. The highest BCUT2D eigenvalue weighted by Crippen LogP contribution is 2.16. The van der Waals surface area contributed by atoms with Crippen molar-refractivity contribution in [3.63, 3.8) is 0 Å². The summed E-state index contributed by atoms with van der Waals surface area (Å²) in [6, 6.07) is 4.70. The average molecular weight is 355 g/mol. The monoisotopic (exact) mass is 355 g/mol. The normalized spacial score (nSPS) is 16.3. The number of carbonyl (C=O) groups excluding carboxylic acids is 1. The number of H-pyrrole nitrogens is 1. The molecule has 130 valence electrons. The van der Waals surface area contributed by atoms with Gasteiger partial charge < -0.3 is 14.5 Å². The molecule has 9 nitrogen and oxygen atoms in total. The van der Waals surface area contributed by atoms with Crippen LogP contribution in [0.25, 0.3) is 11.1 Å². The Bertz CT molecular complexity index is 895. The molecule has 1 aliphatic rings. The lowest BCUT2D eigenvalue weighted by molar-refractivity contribution is -0.115. The van der Waals surface area contributed by atoms with Gasteiger partial charge in [0.1, 0.15) is 0 Å². The summed E-state index contributed by atoms with van der Waals surface area (Å²) >= 11 is 0. The Morgan fingerprint density at radius 3 is 2.79 bits per heavy atom. The summed E-state index contributed by atoms with van der Waals surface area (Å²) in [6.45, 7) is 1.36. The minimum atomic E-state index is -3.47. The molecule has 10 heteroatoms. The zero-order valence-corrected chi connectivity index (χ0v) is 13.6. The maximum absolute atomic E-state index is 12.2. The van der Waals surface area contributed by atoms with Gasteiger partial charge in [0, 0.05) is 31.3 Å². The van der Waals surface area contributed by atoms with Crippen molar-refractivity contribution in [3.05, 3.63) is 28.7 Å². The van der Waals surface area contributed by atoms with E-state index in [0.717, 1.165) is 0 Å². The first-order valence-electron chi connectivity index (χ1n) is 7.42. The molecule has 0 spiro atoms. The van der Waals surface area contributed by atoms with Crippen molar-refractivity contribution < 1.29 is 22.4 Å². The average Bonchev–Trinajstić information content (AvgIpc) is 2.93. The highest BCUT2D eigenvalue weighted by molar-refractivity contribution is 7.89. The lowest BCUT2D eigenvalue weighted by atomic mass is 10.3. The van der Waals surface area contributed by atoms with E-state index < -0.39 is 21.7 Å². The van der Waals surface area contributed by atoms with Crippen LogP contribution in [0.1, 0.15) is 6.42 Å². The molecule has 3 rings (SSSR count). The summed E-state index contributed by atoms with van der Waals surface area (Å²) in [5.74, 6) is -1.27. The molecule has 1 saturated heterocycles. The number of anilines is 1. The molecule has 0 atom stereocenters. The third kappa shape index (κ3) is 3.83. The van der Waals surface area contributed by atoms with Crippen LogP contribution in [0.5, 0.6) is 0 Å². The van der Waals surface area contributed by atoms with Crippen LogP contribution in [0.4, 0.5) is 5.69 Å². The molecular weight excluding hydrogens is 338 g/mol. The fourth-order valence-electron chi connectivity index (χ4n) is 2.42. The molecule has 2 aromatic rings. The zero-order valence-electron chi connectivity index (χ0n) is 12.8. The van der Waals surface area contributed by atoms with E-state index in [0.29, 0.717) is 43.1 Å². The molecule has 0 aliphatic carbocycles. The third-order valence-corrected chi connectivity index (χ3v) is 5.53. The van der Waals surface area contributed by atoms with Gasteiger partial charge in [-0.05, 0) is 12.1 Å². The van der Waals surface area contributed by atoms with Gasteiger partial charge in [-0.15, -0.1) is 0 Å². The van der Waals surface area contributed by atoms with Crippen LogP contribution in [0, 0.1) is 0 Å². The molecule has 1 aromatic carbocycles. The predicted molar refractivity (Wildman–Crippen MR) is 86.3 cm³/mol. The fraction of sp³-hybridized carbons (Fsp3) is 0.429. The molecule has 1 aromatic heterocycles. The summed E-state index contributed by atoms with van der Waals surface area (Å²) in [6.07, 6.45) is -0.158. The van der Waals surface area contributed by atoms with Crippen molar-refractivity contribution in [2.75, 3.05) is 37.4 Å². The molecule has 1 aliphatic heterocycles. The van der Waals surface area contributed by atoms with E-state index in [9.17, 15) is 18.0 Å². The highest BCUT2D eigenvalue weighted by atomic mass is 32.2. The van der Waals surface area contributed by atoms with E-state index >= 15 is 0 Å². The topological polar surface area (TPSA) is 122 Å². The molecule has 2 N–H and O–H groups in total. The molecule has 24 heavy (non-hydrogen) atoms. The largest absolute Gasteiger partial charge is 0.417 e.